The lowest BCUT2D eigenvalue weighted by atomic mass is 10.0. The van der Waals surface area contributed by atoms with Crippen LogP contribution >= 0.6 is 0 Å². The molecule has 1 aliphatic heterocycles. The molecule has 1 heterocycles. The van der Waals surface area contributed by atoms with Gasteiger partial charge in [-0.2, -0.15) is 0 Å². The number of carbonyl (C=O) groups excluding carboxylic acids is 1. The van der Waals surface area contributed by atoms with Gasteiger partial charge in [0, 0.05) is 19.0 Å². The van der Waals surface area contributed by atoms with E-state index in [1.165, 1.54) is 0 Å². The molecule has 0 bridgehead atoms. The molecule has 2 rings (SSSR count). The fourth-order valence-electron chi connectivity index (χ4n) is 2.87. The molecule has 3 unspecified atom stereocenters. The van der Waals surface area contributed by atoms with Crippen LogP contribution in [0.1, 0.15) is 32.6 Å². The summed E-state index contributed by atoms with van der Waals surface area (Å²) in [6.45, 7) is 3.71. The van der Waals surface area contributed by atoms with Gasteiger partial charge in [-0.25, -0.2) is 0 Å². The maximum absolute atomic E-state index is 12.1. The van der Waals surface area contributed by atoms with Crippen LogP contribution in [0.4, 0.5) is 0 Å². The van der Waals surface area contributed by atoms with E-state index >= 15 is 0 Å². The zero-order chi connectivity index (χ0) is 11.5. The minimum absolute atomic E-state index is 0.319. The van der Waals surface area contributed by atoms with Crippen LogP contribution in [0.5, 0.6) is 0 Å². The van der Waals surface area contributed by atoms with Crippen LogP contribution in [-0.4, -0.2) is 29.9 Å². The van der Waals surface area contributed by atoms with Crippen LogP contribution in [-0.2, 0) is 4.79 Å². The van der Waals surface area contributed by atoms with E-state index in [0.717, 1.165) is 25.8 Å². The SMILES string of the molecule is CC1CC(CN)CN1C(=O)CC1C=CCC1. The number of amides is 1. The second-order valence-corrected chi connectivity index (χ2v) is 5.20. The second kappa shape index (κ2) is 5.00. The molecule has 1 amide bonds. The zero-order valence-corrected chi connectivity index (χ0v) is 10.1. The van der Waals surface area contributed by atoms with Gasteiger partial charge in [-0.3, -0.25) is 4.79 Å². The van der Waals surface area contributed by atoms with Crippen molar-refractivity contribution >= 4 is 5.91 Å². The summed E-state index contributed by atoms with van der Waals surface area (Å²) in [6.07, 6.45) is 8.43. The van der Waals surface area contributed by atoms with E-state index in [0.29, 0.717) is 36.8 Å². The molecule has 0 aromatic carbocycles. The Morgan fingerprint density at radius 1 is 1.56 bits per heavy atom. The van der Waals surface area contributed by atoms with E-state index in [4.69, 9.17) is 5.73 Å². The van der Waals surface area contributed by atoms with Crippen LogP contribution < -0.4 is 5.73 Å². The minimum Gasteiger partial charge on any atom is -0.340 e. The first-order valence-electron chi connectivity index (χ1n) is 6.37. The first-order chi connectivity index (χ1) is 7.70. The fraction of sp³-hybridized carbons (Fsp3) is 0.769. The molecule has 1 saturated heterocycles. The Morgan fingerprint density at radius 3 is 2.94 bits per heavy atom. The molecule has 2 aliphatic rings. The lowest BCUT2D eigenvalue weighted by Crippen LogP contribution is -2.35. The highest BCUT2D eigenvalue weighted by Gasteiger charge is 2.32. The summed E-state index contributed by atoms with van der Waals surface area (Å²) in [5.41, 5.74) is 5.67. The molecule has 1 fully saturated rings. The first-order valence-corrected chi connectivity index (χ1v) is 6.37. The van der Waals surface area contributed by atoms with Gasteiger partial charge in [-0.05, 0) is 44.6 Å². The predicted molar refractivity (Wildman–Crippen MR) is 64.8 cm³/mol. The Labute approximate surface area is 97.7 Å². The smallest absolute Gasteiger partial charge is 0.223 e. The highest BCUT2D eigenvalue weighted by molar-refractivity contribution is 5.77. The number of nitrogens with two attached hydrogens (primary N) is 1. The number of likely N-dealkylation sites (tertiary alicyclic amines) is 1. The molecule has 3 atom stereocenters. The molecule has 1 aliphatic carbocycles. The molecule has 0 aromatic heterocycles. The van der Waals surface area contributed by atoms with Gasteiger partial charge in [0.25, 0.3) is 0 Å². The van der Waals surface area contributed by atoms with Crippen LogP contribution in [0, 0.1) is 11.8 Å². The molecule has 90 valence electrons. The monoisotopic (exact) mass is 222 g/mol. The number of nitrogens with zero attached hydrogens (tertiary/aromatic N) is 1. The molecule has 0 aromatic rings. The molecular formula is C13H22N2O. The van der Waals surface area contributed by atoms with E-state index in [-0.39, 0.29) is 0 Å². The quantitative estimate of drug-likeness (QED) is 0.736. The summed E-state index contributed by atoms with van der Waals surface area (Å²) in [7, 11) is 0. The highest BCUT2D eigenvalue weighted by Crippen LogP contribution is 2.26. The van der Waals surface area contributed by atoms with Crippen molar-refractivity contribution in [3.05, 3.63) is 12.2 Å². The predicted octanol–water partition coefficient (Wildman–Crippen LogP) is 1.54. The topological polar surface area (TPSA) is 46.3 Å². The van der Waals surface area contributed by atoms with Crippen LogP contribution in [0.15, 0.2) is 12.2 Å². The van der Waals surface area contributed by atoms with Crippen molar-refractivity contribution in [1.29, 1.82) is 0 Å². The van der Waals surface area contributed by atoms with E-state index < -0.39 is 0 Å². The fourth-order valence-corrected chi connectivity index (χ4v) is 2.87. The minimum atomic E-state index is 0.319. The van der Waals surface area contributed by atoms with E-state index in [2.05, 4.69) is 19.1 Å². The van der Waals surface area contributed by atoms with Crippen molar-refractivity contribution < 1.29 is 4.79 Å². The highest BCUT2D eigenvalue weighted by atomic mass is 16.2. The Kier molecular flexibility index (Phi) is 3.64. The van der Waals surface area contributed by atoms with Crippen molar-refractivity contribution in [1.82, 2.24) is 4.90 Å². The summed E-state index contributed by atoms with van der Waals surface area (Å²) in [5.74, 6) is 1.31. The average molecular weight is 222 g/mol. The van der Waals surface area contributed by atoms with Gasteiger partial charge in [0.05, 0.1) is 0 Å². The van der Waals surface area contributed by atoms with Gasteiger partial charge in [-0.15, -0.1) is 0 Å². The number of carbonyl (C=O) groups is 1. The third-order valence-corrected chi connectivity index (χ3v) is 3.86. The first kappa shape index (κ1) is 11.6. The van der Waals surface area contributed by atoms with E-state index in [1.807, 2.05) is 4.90 Å². The third kappa shape index (κ3) is 2.46. The maximum Gasteiger partial charge on any atom is 0.223 e. The van der Waals surface area contributed by atoms with E-state index in [9.17, 15) is 4.79 Å². The molecule has 0 radical (unpaired) electrons. The molecule has 3 heteroatoms. The summed E-state index contributed by atoms with van der Waals surface area (Å²) in [5, 5.41) is 0. The molecule has 16 heavy (non-hydrogen) atoms. The third-order valence-electron chi connectivity index (χ3n) is 3.86. The summed E-state index contributed by atoms with van der Waals surface area (Å²) in [6, 6.07) is 0.381. The van der Waals surface area contributed by atoms with Crippen LogP contribution in [0.2, 0.25) is 0 Å². The largest absolute Gasteiger partial charge is 0.340 e. The molecule has 3 nitrogen and oxygen atoms in total. The Balaban J connectivity index is 1.87. The van der Waals surface area contributed by atoms with Crippen molar-refractivity contribution in [2.24, 2.45) is 17.6 Å². The number of allylic oxidation sites excluding steroid dienone is 2. The van der Waals surface area contributed by atoms with Crippen molar-refractivity contribution in [3.8, 4) is 0 Å². The van der Waals surface area contributed by atoms with Gasteiger partial charge < -0.3 is 10.6 Å². The van der Waals surface area contributed by atoms with Gasteiger partial charge in [0.2, 0.25) is 5.91 Å². The summed E-state index contributed by atoms with van der Waals surface area (Å²) in [4.78, 5) is 14.2. The van der Waals surface area contributed by atoms with Gasteiger partial charge in [0.1, 0.15) is 0 Å². The Hall–Kier alpha value is -0.830. The van der Waals surface area contributed by atoms with Gasteiger partial charge >= 0.3 is 0 Å². The summed E-state index contributed by atoms with van der Waals surface area (Å²) >= 11 is 0. The van der Waals surface area contributed by atoms with Gasteiger partial charge in [0.15, 0.2) is 0 Å². The number of hydrogen-bond donors (Lipinski definition) is 1. The zero-order valence-electron chi connectivity index (χ0n) is 10.1. The van der Waals surface area contributed by atoms with E-state index in [1.54, 1.807) is 0 Å². The van der Waals surface area contributed by atoms with Crippen LogP contribution in [0.3, 0.4) is 0 Å². The summed E-state index contributed by atoms with van der Waals surface area (Å²) < 4.78 is 0. The Bertz CT molecular complexity index is 288. The lowest BCUT2D eigenvalue weighted by Gasteiger charge is -2.22. The molecular weight excluding hydrogens is 200 g/mol. The van der Waals surface area contributed by atoms with Gasteiger partial charge in [-0.1, -0.05) is 12.2 Å². The lowest BCUT2D eigenvalue weighted by molar-refractivity contribution is -0.132. The normalized spacial score (nSPS) is 33.6. The maximum atomic E-state index is 12.1. The average Bonchev–Trinajstić information content (AvgIpc) is 2.87. The van der Waals surface area contributed by atoms with Crippen LogP contribution in [0.25, 0.3) is 0 Å². The number of rotatable bonds is 3. The second-order valence-electron chi connectivity index (χ2n) is 5.20. The standard InChI is InChI=1S/C13H22N2O/c1-10-6-12(8-14)9-15(10)13(16)7-11-4-2-3-5-11/h2,4,10-12H,3,5-9,14H2,1H3. The number of hydrogen-bond acceptors (Lipinski definition) is 2. The van der Waals surface area contributed by atoms with Crippen molar-refractivity contribution in [2.75, 3.05) is 13.1 Å². The Morgan fingerprint density at radius 2 is 2.38 bits per heavy atom. The van der Waals surface area contributed by atoms with Crippen molar-refractivity contribution in [2.45, 2.75) is 38.6 Å². The van der Waals surface area contributed by atoms with Crippen molar-refractivity contribution in [3.63, 3.8) is 0 Å². The molecule has 0 saturated carbocycles. The molecule has 0 spiro atoms. The molecule has 2 N–H and O–H groups in total.